The van der Waals surface area contributed by atoms with Crippen LogP contribution in [0.1, 0.15) is 37.5 Å². The molecule has 1 amide bonds. The molecule has 4 rings (SSSR count). The smallest absolute Gasteiger partial charge is 0.257 e. The van der Waals surface area contributed by atoms with E-state index in [1.807, 2.05) is 53.9 Å². The molecule has 1 aliphatic rings. The van der Waals surface area contributed by atoms with Crippen molar-refractivity contribution in [3.05, 3.63) is 76.3 Å². The molecule has 7 heteroatoms. The van der Waals surface area contributed by atoms with Crippen LogP contribution >= 0.6 is 34.9 Å². The van der Waals surface area contributed by atoms with Gasteiger partial charge in [0.15, 0.2) is 0 Å². The summed E-state index contributed by atoms with van der Waals surface area (Å²) in [6, 6.07) is 18.0. The number of nitrogens with one attached hydrogen (secondary N) is 1. The Hall–Kier alpha value is -1.83. The number of benzene rings is 2. The summed E-state index contributed by atoms with van der Waals surface area (Å²) in [7, 11) is 0. The molecule has 0 saturated carbocycles. The molecule has 1 aliphatic heterocycles. The molecule has 3 aromatic rings. The minimum atomic E-state index is -0.145. The number of aromatic nitrogens is 2. The Bertz CT molecular complexity index is 890. The highest BCUT2D eigenvalue weighted by Gasteiger charge is 2.17. The quantitative estimate of drug-likeness (QED) is 0.619. The minimum Gasteiger partial charge on any atom is -0.296 e. The van der Waals surface area contributed by atoms with Crippen molar-refractivity contribution >= 4 is 45.9 Å². The zero-order valence-electron chi connectivity index (χ0n) is 14.6. The molecule has 1 N–H and O–H groups in total. The summed E-state index contributed by atoms with van der Waals surface area (Å²) in [6.07, 6.45) is 2.00. The molecule has 4 nitrogen and oxygen atoms in total. The highest BCUT2D eigenvalue weighted by Crippen LogP contribution is 2.43. The average Bonchev–Trinajstić information content (AvgIpc) is 3.16. The average molecular weight is 414 g/mol. The van der Waals surface area contributed by atoms with Crippen molar-refractivity contribution in [2.45, 2.75) is 17.4 Å². The van der Waals surface area contributed by atoms with E-state index in [1.165, 1.54) is 40.4 Å². The number of thioether (sulfide) groups is 2. The third-order valence-electron chi connectivity index (χ3n) is 4.16. The maximum atomic E-state index is 12.5. The lowest BCUT2D eigenvalue weighted by Crippen LogP contribution is -2.11. The van der Waals surface area contributed by atoms with E-state index >= 15 is 0 Å². The number of rotatable bonds is 5. The summed E-state index contributed by atoms with van der Waals surface area (Å²) in [4.78, 5) is 12.5. The Morgan fingerprint density at radius 3 is 2.48 bits per heavy atom. The molecule has 2 heterocycles. The SMILES string of the molecule is O=C(Nc1nnc(Cc2ccccc2)s1)c1ccc(C2SCCCS2)cc1. The highest BCUT2D eigenvalue weighted by molar-refractivity contribution is 8.16. The van der Waals surface area contributed by atoms with Crippen molar-refractivity contribution in [1.29, 1.82) is 0 Å². The summed E-state index contributed by atoms with van der Waals surface area (Å²) in [6.45, 7) is 0. The molecule has 1 saturated heterocycles. The number of anilines is 1. The minimum absolute atomic E-state index is 0.145. The van der Waals surface area contributed by atoms with Crippen LogP contribution in [-0.2, 0) is 6.42 Å². The van der Waals surface area contributed by atoms with Gasteiger partial charge in [0.25, 0.3) is 5.91 Å². The molecule has 0 radical (unpaired) electrons. The third kappa shape index (κ3) is 4.91. The summed E-state index contributed by atoms with van der Waals surface area (Å²) in [5, 5.41) is 12.6. The van der Waals surface area contributed by atoms with Gasteiger partial charge >= 0.3 is 0 Å². The van der Waals surface area contributed by atoms with Crippen LogP contribution < -0.4 is 5.32 Å². The van der Waals surface area contributed by atoms with Crippen molar-refractivity contribution in [2.24, 2.45) is 0 Å². The van der Waals surface area contributed by atoms with Gasteiger partial charge in [-0.25, -0.2) is 0 Å². The second-order valence-corrected chi connectivity index (χ2v) is 9.95. The van der Waals surface area contributed by atoms with Crippen LogP contribution in [0.3, 0.4) is 0 Å². The number of hydrogen-bond donors (Lipinski definition) is 1. The van der Waals surface area contributed by atoms with E-state index in [-0.39, 0.29) is 5.91 Å². The zero-order valence-corrected chi connectivity index (χ0v) is 17.1. The van der Waals surface area contributed by atoms with Gasteiger partial charge in [0.2, 0.25) is 5.13 Å². The van der Waals surface area contributed by atoms with Crippen LogP contribution in [0.15, 0.2) is 54.6 Å². The van der Waals surface area contributed by atoms with Gasteiger partial charge < -0.3 is 0 Å². The molecular formula is C20H19N3OS3. The van der Waals surface area contributed by atoms with Gasteiger partial charge in [-0.3, -0.25) is 10.1 Å². The maximum Gasteiger partial charge on any atom is 0.257 e. The van der Waals surface area contributed by atoms with Gasteiger partial charge in [-0.15, -0.1) is 33.7 Å². The van der Waals surface area contributed by atoms with Crippen LogP contribution in [0.5, 0.6) is 0 Å². The van der Waals surface area contributed by atoms with E-state index in [0.717, 1.165) is 11.4 Å². The summed E-state index contributed by atoms with van der Waals surface area (Å²) < 4.78 is 0.486. The van der Waals surface area contributed by atoms with Gasteiger partial charge in [-0.1, -0.05) is 53.8 Å². The number of nitrogens with zero attached hydrogens (tertiary/aromatic N) is 2. The van der Waals surface area contributed by atoms with Gasteiger partial charge in [-0.05, 0) is 41.2 Å². The van der Waals surface area contributed by atoms with E-state index in [4.69, 9.17) is 0 Å². The summed E-state index contributed by atoms with van der Waals surface area (Å²) in [5.74, 6) is 2.28. The highest BCUT2D eigenvalue weighted by atomic mass is 32.2. The predicted octanol–water partition coefficient (Wildman–Crippen LogP) is 5.25. The van der Waals surface area contributed by atoms with Crippen molar-refractivity contribution in [2.75, 3.05) is 16.8 Å². The first kappa shape index (κ1) is 18.5. The topological polar surface area (TPSA) is 54.9 Å². The molecule has 1 fully saturated rings. The van der Waals surface area contributed by atoms with E-state index in [2.05, 4.69) is 39.8 Å². The Labute approximate surface area is 171 Å². The first-order valence-electron chi connectivity index (χ1n) is 8.79. The molecule has 2 aromatic carbocycles. The van der Waals surface area contributed by atoms with Crippen LogP contribution in [0, 0.1) is 0 Å². The van der Waals surface area contributed by atoms with Crippen LogP contribution in [-0.4, -0.2) is 27.6 Å². The lowest BCUT2D eigenvalue weighted by atomic mass is 10.1. The Morgan fingerprint density at radius 1 is 1.00 bits per heavy atom. The van der Waals surface area contributed by atoms with E-state index < -0.39 is 0 Å². The lowest BCUT2D eigenvalue weighted by Gasteiger charge is -2.21. The summed E-state index contributed by atoms with van der Waals surface area (Å²) in [5.41, 5.74) is 3.10. The van der Waals surface area contributed by atoms with Crippen molar-refractivity contribution < 1.29 is 4.79 Å². The van der Waals surface area contributed by atoms with Crippen molar-refractivity contribution in [1.82, 2.24) is 10.2 Å². The largest absolute Gasteiger partial charge is 0.296 e. The van der Waals surface area contributed by atoms with E-state index in [1.54, 1.807) is 0 Å². The van der Waals surface area contributed by atoms with Gasteiger partial charge in [0.1, 0.15) is 5.01 Å². The third-order valence-corrected chi connectivity index (χ3v) is 8.01. The number of carbonyl (C=O) groups is 1. The Kier molecular flexibility index (Phi) is 6.11. The monoisotopic (exact) mass is 413 g/mol. The zero-order chi connectivity index (χ0) is 18.5. The van der Waals surface area contributed by atoms with Crippen LogP contribution in [0.4, 0.5) is 5.13 Å². The first-order valence-corrected chi connectivity index (χ1v) is 11.7. The molecule has 0 atom stereocenters. The molecule has 1 aromatic heterocycles. The molecule has 0 bridgehead atoms. The molecular weight excluding hydrogens is 394 g/mol. The molecule has 27 heavy (non-hydrogen) atoms. The van der Waals surface area contributed by atoms with E-state index in [9.17, 15) is 4.79 Å². The van der Waals surface area contributed by atoms with Gasteiger partial charge in [0, 0.05) is 12.0 Å². The maximum absolute atomic E-state index is 12.5. The first-order chi connectivity index (χ1) is 13.3. The van der Waals surface area contributed by atoms with Crippen molar-refractivity contribution in [3.8, 4) is 0 Å². The van der Waals surface area contributed by atoms with Gasteiger partial charge in [0.05, 0.1) is 4.58 Å². The fourth-order valence-corrected chi connectivity index (χ4v) is 6.45. The summed E-state index contributed by atoms with van der Waals surface area (Å²) >= 11 is 5.38. The second-order valence-electron chi connectivity index (χ2n) is 6.17. The molecule has 0 unspecified atom stereocenters. The lowest BCUT2D eigenvalue weighted by molar-refractivity contribution is 0.102. The Balaban J connectivity index is 1.37. The number of carbonyl (C=O) groups excluding carboxylic acids is 1. The standard InChI is InChI=1S/C20H19N3OS3/c24-18(15-7-9-16(10-8-15)19-25-11-4-12-26-19)21-20-23-22-17(27-20)13-14-5-2-1-3-6-14/h1-3,5-10,19H,4,11-13H2,(H,21,23,24). The fourth-order valence-electron chi connectivity index (χ4n) is 2.79. The predicted molar refractivity (Wildman–Crippen MR) is 116 cm³/mol. The number of amides is 1. The van der Waals surface area contributed by atoms with Crippen LogP contribution in [0.25, 0.3) is 0 Å². The van der Waals surface area contributed by atoms with E-state index in [0.29, 0.717) is 15.3 Å². The fraction of sp³-hybridized carbons (Fsp3) is 0.250. The molecule has 0 spiro atoms. The molecule has 0 aliphatic carbocycles. The van der Waals surface area contributed by atoms with Crippen molar-refractivity contribution in [3.63, 3.8) is 0 Å². The van der Waals surface area contributed by atoms with Crippen LogP contribution in [0.2, 0.25) is 0 Å². The Morgan fingerprint density at radius 2 is 1.74 bits per heavy atom. The second kappa shape index (κ2) is 8.91. The number of hydrogen-bond acceptors (Lipinski definition) is 6. The normalized spacial score (nSPS) is 14.8. The van der Waals surface area contributed by atoms with Gasteiger partial charge in [-0.2, -0.15) is 0 Å². The molecule has 138 valence electrons.